The highest BCUT2D eigenvalue weighted by Gasteiger charge is 2.60. The molecule has 1 aromatic rings. The van der Waals surface area contributed by atoms with Crippen LogP contribution in [0.4, 0.5) is 0 Å². The van der Waals surface area contributed by atoms with Crippen molar-refractivity contribution >= 4 is 21.9 Å². The number of halogens is 1. The van der Waals surface area contributed by atoms with Crippen molar-refractivity contribution in [2.24, 2.45) is 11.3 Å². The van der Waals surface area contributed by atoms with Crippen LogP contribution in [0.3, 0.4) is 0 Å². The van der Waals surface area contributed by atoms with Gasteiger partial charge in [-0.25, -0.2) is 4.79 Å². The monoisotopic (exact) mass is 350 g/mol. The minimum absolute atomic E-state index is 0.0870. The molecule has 0 radical (unpaired) electrons. The van der Waals surface area contributed by atoms with E-state index in [-0.39, 0.29) is 18.0 Å². The van der Waals surface area contributed by atoms with Gasteiger partial charge in [-0.3, -0.25) is 0 Å². The third-order valence-electron chi connectivity index (χ3n) is 4.65. The van der Waals surface area contributed by atoms with Crippen molar-refractivity contribution in [3.63, 3.8) is 0 Å². The van der Waals surface area contributed by atoms with E-state index < -0.39 is 0 Å². The molecule has 0 aromatic heterocycles. The molecule has 3 rings (SSSR count). The lowest BCUT2D eigenvalue weighted by molar-refractivity contribution is -0.140. The van der Waals surface area contributed by atoms with Crippen LogP contribution in [0.5, 0.6) is 5.75 Å². The average molecular weight is 351 g/mol. The lowest BCUT2D eigenvalue weighted by Crippen LogP contribution is -2.18. The van der Waals surface area contributed by atoms with Gasteiger partial charge in [-0.05, 0) is 49.4 Å². The summed E-state index contributed by atoms with van der Waals surface area (Å²) in [7, 11) is 0. The van der Waals surface area contributed by atoms with E-state index in [1.165, 1.54) is 12.8 Å². The van der Waals surface area contributed by atoms with Crippen LogP contribution in [0.15, 0.2) is 40.9 Å². The van der Waals surface area contributed by atoms with Gasteiger partial charge < -0.3 is 9.47 Å². The van der Waals surface area contributed by atoms with Gasteiger partial charge in [0.15, 0.2) is 0 Å². The van der Waals surface area contributed by atoms with Gasteiger partial charge in [0, 0.05) is 15.5 Å². The lowest BCUT2D eigenvalue weighted by Gasteiger charge is -2.15. The number of carbonyl (C=O) groups excluding carboxylic acids is 1. The summed E-state index contributed by atoms with van der Waals surface area (Å²) in [4.78, 5) is 12.0. The summed E-state index contributed by atoms with van der Waals surface area (Å²) >= 11 is 3.37. The van der Waals surface area contributed by atoms with Gasteiger partial charge in [-0.15, -0.1) is 0 Å². The molecule has 21 heavy (non-hydrogen) atoms. The maximum absolute atomic E-state index is 12.0. The highest BCUT2D eigenvalue weighted by atomic mass is 79.9. The van der Waals surface area contributed by atoms with Crippen molar-refractivity contribution in [2.45, 2.75) is 25.7 Å². The van der Waals surface area contributed by atoms with Gasteiger partial charge in [0.1, 0.15) is 19.0 Å². The summed E-state index contributed by atoms with van der Waals surface area (Å²) in [6.45, 7) is 4.59. The van der Waals surface area contributed by atoms with Crippen LogP contribution < -0.4 is 4.74 Å². The largest absolute Gasteiger partial charge is 0.490 e. The maximum atomic E-state index is 12.0. The molecule has 1 aromatic carbocycles. The fourth-order valence-corrected chi connectivity index (χ4v) is 3.63. The first-order valence-corrected chi connectivity index (χ1v) is 8.16. The molecule has 112 valence electrons. The Bertz CT molecular complexity index is 552. The predicted octanol–water partition coefficient (Wildman–Crippen LogP) is 4.12. The summed E-state index contributed by atoms with van der Waals surface area (Å²) in [6.07, 6.45) is 4.67. The molecule has 2 unspecified atom stereocenters. The van der Waals surface area contributed by atoms with E-state index in [4.69, 9.17) is 9.47 Å². The molecule has 0 spiro atoms. The van der Waals surface area contributed by atoms with E-state index in [0.717, 1.165) is 23.1 Å². The van der Waals surface area contributed by atoms with Gasteiger partial charge in [0.2, 0.25) is 0 Å². The molecule has 2 atom stereocenters. The third-order valence-corrected chi connectivity index (χ3v) is 5.18. The Hall–Kier alpha value is -1.29. The Kier molecular flexibility index (Phi) is 4.07. The molecular weight excluding hydrogens is 332 g/mol. The van der Waals surface area contributed by atoms with Crippen molar-refractivity contribution in [3.8, 4) is 5.75 Å². The second-order valence-corrected chi connectivity index (χ2v) is 6.78. The van der Waals surface area contributed by atoms with E-state index in [1.54, 1.807) is 0 Å². The first-order valence-electron chi connectivity index (χ1n) is 7.37. The first-order chi connectivity index (χ1) is 10.1. The summed E-state index contributed by atoms with van der Waals surface area (Å²) in [5, 5.41) is 0. The minimum Gasteiger partial charge on any atom is -0.490 e. The van der Waals surface area contributed by atoms with Gasteiger partial charge >= 0.3 is 5.97 Å². The SMILES string of the molecule is C=C(C(=O)OCCOc1ccc(Br)cc1)C12CCCC1C2. The van der Waals surface area contributed by atoms with Crippen LogP contribution in [0.25, 0.3) is 0 Å². The van der Waals surface area contributed by atoms with Crippen LogP contribution in [-0.4, -0.2) is 19.2 Å². The van der Waals surface area contributed by atoms with Crippen molar-refractivity contribution in [1.82, 2.24) is 0 Å². The number of hydrogen-bond donors (Lipinski definition) is 0. The molecule has 2 fully saturated rings. The zero-order valence-corrected chi connectivity index (χ0v) is 13.5. The molecule has 4 heteroatoms. The number of fused-ring (bicyclic) bond motifs is 1. The molecule has 3 nitrogen and oxygen atoms in total. The number of esters is 1. The van der Waals surface area contributed by atoms with Crippen molar-refractivity contribution in [2.75, 3.05) is 13.2 Å². The van der Waals surface area contributed by atoms with Crippen LogP contribution in [0.2, 0.25) is 0 Å². The lowest BCUT2D eigenvalue weighted by atomic mass is 9.94. The molecule has 2 aliphatic rings. The second-order valence-electron chi connectivity index (χ2n) is 5.87. The molecule has 0 aliphatic heterocycles. The molecule has 0 saturated heterocycles. The molecule has 2 aliphatic carbocycles. The third kappa shape index (κ3) is 3.00. The average Bonchev–Trinajstić information content (AvgIpc) is 3.06. The summed E-state index contributed by atoms with van der Waals surface area (Å²) in [6, 6.07) is 7.57. The summed E-state index contributed by atoms with van der Waals surface area (Å²) in [5.74, 6) is 1.19. The summed E-state index contributed by atoms with van der Waals surface area (Å²) in [5.41, 5.74) is 0.762. The number of ether oxygens (including phenoxy) is 2. The molecular formula is C17H19BrO3. The molecule has 0 bridgehead atoms. The fraction of sp³-hybridized carbons (Fsp3) is 0.471. The van der Waals surface area contributed by atoms with Gasteiger partial charge in [0.05, 0.1) is 0 Å². The fourth-order valence-electron chi connectivity index (χ4n) is 3.36. The first kappa shape index (κ1) is 14.6. The van der Waals surface area contributed by atoms with Gasteiger partial charge in [0.25, 0.3) is 0 Å². The van der Waals surface area contributed by atoms with E-state index >= 15 is 0 Å². The Morgan fingerprint density at radius 1 is 1.33 bits per heavy atom. The number of hydrogen-bond acceptors (Lipinski definition) is 3. The van der Waals surface area contributed by atoms with Crippen molar-refractivity contribution < 1.29 is 14.3 Å². The van der Waals surface area contributed by atoms with Crippen molar-refractivity contribution in [3.05, 3.63) is 40.9 Å². The Morgan fingerprint density at radius 3 is 2.71 bits per heavy atom. The minimum atomic E-state index is -0.251. The Labute approximate surface area is 133 Å². The quantitative estimate of drug-likeness (QED) is 0.439. The molecule has 0 N–H and O–H groups in total. The van der Waals surface area contributed by atoms with E-state index in [9.17, 15) is 4.79 Å². The van der Waals surface area contributed by atoms with E-state index in [0.29, 0.717) is 18.1 Å². The highest BCUT2D eigenvalue weighted by Crippen LogP contribution is 2.67. The standard InChI is InChI=1S/C17H19BrO3/c1-12(17-8-2-3-13(17)11-17)16(19)21-10-9-20-15-6-4-14(18)5-7-15/h4-7,13H,1-3,8-11H2. The normalized spacial score (nSPS) is 26.0. The van der Waals surface area contributed by atoms with Crippen LogP contribution in [0, 0.1) is 11.3 Å². The maximum Gasteiger partial charge on any atom is 0.334 e. The zero-order chi connectivity index (χ0) is 14.9. The van der Waals surface area contributed by atoms with Gasteiger partial charge in [-0.1, -0.05) is 28.9 Å². The number of benzene rings is 1. The van der Waals surface area contributed by atoms with Gasteiger partial charge in [-0.2, -0.15) is 0 Å². The number of carbonyl (C=O) groups is 1. The smallest absolute Gasteiger partial charge is 0.334 e. The molecule has 2 saturated carbocycles. The van der Waals surface area contributed by atoms with E-state index in [1.807, 2.05) is 24.3 Å². The topological polar surface area (TPSA) is 35.5 Å². The Morgan fingerprint density at radius 2 is 2.10 bits per heavy atom. The summed E-state index contributed by atoms with van der Waals surface area (Å²) < 4.78 is 11.8. The predicted molar refractivity (Wildman–Crippen MR) is 84.1 cm³/mol. The Balaban J connectivity index is 1.40. The van der Waals surface area contributed by atoms with E-state index in [2.05, 4.69) is 22.5 Å². The highest BCUT2D eigenvalue weighted by molar-refractivity contribution is 9.10. The van der Waals surface area contributed by atoms with Crippen LogP contribution in [-0.2, 0) is 9.53 Å². The van der Waals surface area contributed by atoms with Crippen LogP contribution >= 0.6 is 15.9 Å². The zero-order valence-electron chi connectivity index (χ0n) is 11.9. The van der Waals surface area contributed by atoms with Crippen LogP contribution in [0.1, 0.15) is 25.7 Å². The molecule has 0 heterocycles. The molecule has 0 amide bonds. The second kappa shape index (κ2) is 5.84. The van der Waals surface area contributed by atoms with Crippen molar-refractivity contribution in [1.29, 1.82) is 0 Å². The number of rotatable bonds is 6.